The van der Waals surface area contributed by atoms with Crippen molar-refractivity contribution >= 4 is 23.2 Å². The van der Waals surface area contributed by atoms with E-state index < -0.39 is 11.7 Å². The van der Waals surface area contributed by atoms with Crippen molar-refractivity contribution in [2.75, 3.05) is 0 Å². The molecule has 2 aromatic rings. The van der Waals surface area contributed by atoms with Gasteiger partial charge in [-0.3, -0.25) is 0 Å². The van der Waals surface area contributed by atoms with E-state index in [0.717, 1.165) is 30.7 Å². The van der Waals surface area contributed by atoms with Gasteiger partial charge in [0.05, 0.1) is 26.9 Å². The minimum Gasteiger partial charge on any atom is -0.356 e. The SMILES string of the molecule is CCC(CC)c1cc(-c2c(Cl)cc(C(F)(F)F)cc2Cl)on1. The third kappa shape index (κ3) is 3.41. The van der Waals surface area contributed by atoms with Crippen LogP contribution in [0.3, 0.4) is 0 Å². The monoisotopic (exact) mass is 351 g/mol. The standard InChI is InChI=1S/C15H14Cl2F3NO/c1-3-8(4-2)12-7-13(22-21-12)14-10(16)5-9(6-11(14)17)15(18,19)20/h5-8H,3-4H2,1-2H3. The summed E-state index contributed by atoms with van der Waals surface area (Å²) in [7, 11) is 0. The second-order valence-electron chi connectivity index (χ2n) is 4.94. The summed E-state index contributed by atoms with van der Waals surface area (Å²) in [6, 6.07) is 3.35. The summed E-state index contributed by atoms with van der Waals surface area (Å²) in [5.41, 5.74) is 0.0686. The number of halogens is 5. The molecule has 0 bridgehead atoms. The fourth-order valence-electron chi connectivity index (χ4n) is 2.28. The lowest BCUT2D eigenvalue weighted by molar-refractivity contribution is -0.137. The molecule has 2 rings (SSSR count). The van der Waals surface area contributed by atoms with Crippen molar-refractivity contribution in [3.05, 3.63) is 39.5 Å². The Morgan fingerprint density at radius 3 is 2.09 bits per heavy atom. The molecular weight excluding hydrogens is 338 g/mol. The van der Waals surface area contributed by atoms with Gasteiger partial charge in [0, 0.05) is 12.0 Å². The highest BCUT2D eigenvalue weighted by Crippen LogP contribution is 2.41. The first-order valence-corrected chi connectivity index (χ1v) is 7.56. The molecule has 0 fully saturated rings. The van der Waals surface area contributed by atoms with Crippen LogP contribution in [0.2, 0.25) is 10.0 Å². The highest BCUT2D eigenvalue weighted by molar-refractivity contribution is 6.39. The average molecular weight is 352 g/mol. The summed E-state index contributed by atoms with van der Waals surface area (Å²) in [6.07, 6.45) is -2.73. The Bertz CT molecular complexity index is 640. The van der Waals surface area contributed by atoms with E-state index in [0.29, 0.717) is 0 Å². The summed E-state index contributed by atoms with van der Waals surface area (Å²) >= 11 is 11.9. The Labute approximate surface area is 136 Å². The van der Waals surface area contributed by atoms with Crippen molar-refractivity contribution in [1.29, 1.82) is 0 Å². The first kappa shape index (κ1) is 17.2. The number of rotatable bonds is 4. The molecule has 0 N–H and O–H groups in total. The second kappa shape index (κ2) is 6.50. The van der Waals surface area contributed by atoms with Crippen LogP contribution in [0.25, 0.3) is 11.3 Å². The normalized spacial score (nSPS) is 12.2. The lowest BCUT2D eigenvalue weighted by atomic mass is 9.98. The Hall–Kier alpha value is -1.20. The van der Waals surface area contributed by atoms with Crippen LogP contribution < -0.4 is 0 Å². The summed E-state index contributed by atoms with van der Waals surface area (Å²) < 4.78 is 43.4. The van der Waals surface area contributed by atoms with Crippen molar-refractivity contribution in [2.24, 2.45) is 0 Å². The van der Waals surface area contributed by atoms with Gasteiger partial charge in [-0.25, -0.2) is 0 Å². The fraction of sp³-hybridized carbons (Fsp3) is 0.400. The first-order chi connectivity index (χ1) is 10.3. The third-order valence-electron chi connectivity index (χ3n) is 3.55. The molecule has 7 heteroatoms. The van der Waals surface area contributed by atoms with E-state index in [2.05, 4.69) is 5.16 Å². The number of benzene rings is 1. The number of alkyl halides is 3. The molecule has 0 aliphatic rings. The van der Waals surface area contributed by atoms with Gasteiger partial charge >= 0.3 is 6.18 Å². The van der Waals surface area contributed by atoms with Gasteiger partial charge in [0.15, 0.2) is 5.76 Å². The molecule has 0 amide bonds. The van der Waals surface area contributed by atoms with Crippen LogP contribution in [-0.2, 0) is 6.18 Å². The smallest absolute Gasteiger partial charge is 0.356 e. The molecule has 1 heterocycles. The van der Waals surface area contributed by atoms with Crippen LogP contribution in [0.15, 0.2) is 22.7 Å². The third-order valence-corrected chi connectivity index (χ3v) is 4.14. The van der Waals surface area contributed by atoms with E-state index in [-0.39, 0.29) is 27.3 Å². The zero-order valence-electron chi connectivity index (χ0n) is 12.0. The molecule has 0 spiro atoms. The molecule has 1 aromatic carbocycles. The van der Waals surface area contributed by atoms with Crippen molar-refractivity contribution in [2.45, 2.75) is 38.8 Å². The van der Waals surface area contributed by atoms with Crippen LogP contribution in [0.5, 0.6) is 0 Å². The molecule has 1 aromatic heterocycles. The molecule has 0 unspecified atom stereocenters. The van der Waals surface area contributed by atoms with Crippen LogP contribution in [0.1, 0.15) is 43.9 Å². The van der Waals surface area contributed by atoms with Gasteiger partial charge in [-0.1, -0.05) is 42.2 Å². The van der Waals surface area contributed by atoms with Crippen LogP contribution in [0.4, 0.5) is 13.2 Å². The van der Waals surface area contributed by atoms with E-state index in [4.69, 9.17) is 27.7 Å². The zero-order valence-corrected chi connectivity index (χ0v) is 13.5. The second-order valence-corrected chi connectivity index (χ2v) is 5.76. The minimum atomic E-state index is -4.51. The fourth-order valence-corrected chi connectivity index (χ4v) is 2.95. The van der Waals surface area contributed by atoms with E-state index in [9.17, 15) is 13.2 Å². The molecule has 0 radical (unpaired) electrons. The van der Waals surface area contributed by atoms with E-state index in [1.54, 1.807) is 6.07 Å². The van der Waals surface area contributed by atoms with Gasteiger partial charge in [0.1, 0.15) is 0 Å². The number of nitrogens with zero attached hydrogens (tertiary/aromatic N) is 1. The molecule has 0 aliphatic heterocycles. The van der Waals surface area contributed by atoms with E-state index in [1.165, 1.54) is 0 Å². The zero-order chi connectivity index (χ0) is 16.5. The summed E-state index contributed by atoms with van der Waals surface area (Å²) in [5.74, 6) is 0.495. The quantitative estimate of drug-likeness (QED) is 0.622. The van der Waals surface area contributed by atoms with Crippen LogP contribution in [0, 0.1) is 0 Å². The topological polar surface area (TPSA) is 26.0 Å². The molecule has 0 saturated carbocycles. The lowest BCUT2D eigenvalue weighted by Crippen LogP contribution is -2.05. The Balaban J connectivity index is 2.46. The van der Waals surface area contributed by atoms with Gasteiger partial charge < -0.3 is 4.52 Å². The Kier molecular flexibility index (Phi) is 5.07. The van der Waals surface area contributed by atoms with Crippen molar-refractivity contribution in [3.63, 3.8) is 0 Å². The maximum atomic E-state index is 12.7. The van der Waals surface area contributed by atoms with Gasteiger partial charge in [-0.2, -0.15) is 13.2 Å². The van der Waals surface area contributed by atoms with Crippen molar-refractivity contribution in [3.8, 4) is 11.3 Å². The van der Waals surface area contributed by atoms with Gasteiger partial charge in [-0.15, -0.1) is 0 Å². The molecule has 0 saturated heterocycles. The molecule has 120 valence electrons. The van der Waals surface area contributed by atoms with Gasteiger partial charge in [-0.05, 0) is 25.0 Å². The van der Waals surface area contributed by atoms with Gasteiger partial charge in [0.25, 0.3) is 0 Å². The molecule has 0 atom stereocenters. The molecule has 2 nitrogen and oxygen atoms in total. The molecular formula is C15H14Cl2F3NO. The summed E-state index contributed by atoms with van der Waals surface area (Å²) in [4.78, 5) is 0. The predicted octanol–water partition coefficient (Wildman–Crippen LogP) is 6.57. The highest BCUT2D eigenvalue weighted by Gasteiger charge is 2.32. The van der Waals surface area contributed by atoms with Crippen LogP contribution in [-0.4, -0.2) is 5.16 Å². The predicted molar refractivity (Wildman–Crippen MR) is 80.3 cm³/mol. The molecule has 22 heavy (non-hydrogen) atoms. The lowest BCUT2D eigenvalue weighted by Gasteiger charge is -2.10. The summed E-state index contributed by atoms with van der Waals surface area (Å²) in [6.45, 7) is 4.06. The van der Waals surface area contributed by atoms with Gasteiger partial charge in [0.2, 0.25) is 0 Å². The summed E-state index contributed by atoms with van der Waals surface area (Å²) in [5, 5.41) is 3.74. The highest BCUT2D eigenvalue weighted by atomic mass is 35.5. The van der Waals surface area contributed by atoms with Crippen molar-refractivity contribution < 1.29 is 17.7 Å². The Morgan fingerprint density at radius 2 is 1.64 bits per heavy atom. The largest absolute Gasteiger partial charge is 0.416 e. The minimum absolute atomic E-state index is 0.118. The Morgan fingerprint density at radius 1 is 1.09 bits per heavy atom. The van der Waals surface area contributed by atoms with E-state index >= 15 is 0 Å². The average Bonchev–Trinajstić information content (AvgIpc) is 2.87. The number of aromatic nitrogens is 1. The van der Waals surface area contributed by atoms with Crippen molar-refractivity contribution in [1.82, 2.24) is 5.16 Å². The molecule has 0 aliphatic carbocycles. The number of hydrogen-bond donors (Lipinski definition) is 0. The first-order valence-electron chi connectivity index (χ1n) is 6.81. The van der Waals surface area contributed by atoms with E-state index in [1.807, 2.05) is 13.8 Å². The maximum Gasteiger partial charge on any atom is 0.416 e. The number of hydrogen-bond acceptors (Lipinski definition) is 2. The van der Waals surface area contributed by atoms with Crippen LogP contribution >= 0.6 is 23.2 Å². The maximum absolute atomic E-state index is 12.7.